The number of ether oxygens (including phenoxy) is 2. The SMILES string of the molecule is C[C@@H]1C[C@H]2C[C@@H]2/C=C\C=C\C(=O)Cc2c(Cl)c(OC/C=C/C[C@@H]3CC4C5CCc6cc(O[Si](C)(C)C(C)(C)C)ccc6C5CC[C@]4(C)[C@H]3C)cc(O)c2C(=O)O1. The summed E-state index contributed by atoms with van der Waals surface area (Å²) in [4.78, 5) is 26.3. The van der Waals surface area contributed by atoms with Crippen molar-refractivity contribution in [2.45, 2.75) is 129 Å². The van der Waals surface area contributed by atoms with Crippen LogP contribution in [0.1, 0.15) is 119 Å². The van der Waals surface area contributed by atoms with Crippen LogP contribution in [0.25, 0.3) is 0 Å². The van der Waals surface area contributed by atoms with Crippen LogP contribution < -0.4 is 9.16 Å². The summed E-state index contributed by atoms with van der Waals surface area (Å²) >= 11 is 6.84. The number of benzene rings is 2. The van der Waals surface area contributed by atoms with Gasteiger partial charge in [-0.2, -0.15) is 0 Å². The number of carbonyl (C=O) groups excluding carboxylic acids is 2. The van der Waals surface area contributed by atoms with Crippen LogP contribution >= 0.6 is 11.6 Å². The van der Waals surface area contributed by atoms with E-state index in [4.69, 9.17) is 25.5 Å². The van der Waals surface area contributed by atoms with E-state index in [1.54, 1.807) is 11.6 Å². The molecule has 1 N–H and O–H groups in total. The number of hydrogen-bond donors (Lipinski definition) is 1. The molecule has 0 spiro atoms. The molecule has 1 aliphatic heterocycles. The van der Waals surface area contributed by atoms with E-state index in [0.717, 1.165) is 43.3 Å². The molecule has 0 radical (unpaired) electrons. The van der Waals surface area contributed by atoms with E-state index >= 15 is 0 Å². The molecule has 4 aliphatic carbocycles. The molecule has 8 heteroatoms. The Kier molecular flexibility index (Phi) is 11.5. The molecular weight excluding hydrogens is 736 g/mol. The number of aromatic hydroxyl groups is 1. The molecular formula is C48H63ClO6Si. The Labute approximate surface area is 341 Å². The largest absolute Gasteiger partial charge is 0.543 e. The van der Waals surface area contributed by atoms with E-state index in [2.05, 4.69) is 78.1 Å². The van der Waals surface area contributed by atoms with Gasteiger partial charge in [-0.05, 0) is 153 Å². The normalized spacial score (nSPS) is 32.9. The summed E-state index contributed by atoms with van der Waals surface area (Å²) in [7, 11) is -1.89. The number of ketones is 1. The second-order valence-electron chi connectivity index (χ2n) is 19.5. The van der Waals surface area contributed by atoms with Crippen molar-refractivity contribution < 1.29 is 28.6 Å². The van der Waals surface area contributed by atoms with Crippen molar-refractivity contribution in [3.63, 3.8) is 0 Å². The van der Waals surface area contributed by atoms with Gasteiger partial charge in [-0.15, -0.1) is 0 Å². The highest BCUT2D eigenvalue weighted by atomic mass is 35.5. The second-order valence-corrected chi connectivity index (χ2v) is 24.6. The van der Waals surface area contributed by atoms with Crippen molar-refractivity contribution in [2.24, 2.45) is 40.9 Å². The fourth-order valence-corrected chi connectivity index (χ4v) is 11.8. The number of esters is 1. The Bertz CT molecular complexity index is 1920. The molecule has 302 valence electrons. The topological polar surface area (TPSA) is 82.1 Å². The van der Waals surface area contributed by atoms with Crippen LogP contribution in [-0.4, -0.2) is 37.9 Å². The highest BCUT2D eigenvalue weighted by Gasteiger charge is 2.56. The summed E-state index contributed by atoms with van der Waals surface area (Å²) in [6.07, 6.45) is 20.0. The van der Waals surface area contributed by atoms with Gasteiger partial charge < -0.3 is 19.0 Å². The summed E-state index contributed by atoms with van der Waals surface area (Å²) in [6.45, 7) is 18.7. The predicted molar refractivity (Wildman–Crippen MR) is 227 cm³/mol. The third-order valence-electron chi connectivity index (χ3n) is 15.1. The van der Waals surface area contributed by atoms with E-state index in [1.807, 2.05) is 19.1 Å². The zero-order valence-corrected chi connectivity index (χ0v) is 36.6. The van der Waals surface area contributed by atoms with Gasteiger partial charge in [0.25, 0.3) is 0 Å². The van der Waals surface area contributed by atoms with Gasteiger partial charge in [0.15, 0.2) is 5.78 Å². The molecule has 3 unspecified atom stereocenters. The number of allylic oxidation sites excluding steroid dienone is 5. The Morgan fingerprint density at radius 3 is 2.61 bits per heavy atom. The van der Waals surface area contributed by atoms with Gasteiger partial charge in [0, 0.05) is 18.1 Å². The molecule has 0 saturated heterocycles. The first-order valence-electron chi connectivity index (χ1n) is 21.2. The number of fused-ring (bicyclic) bond motifs is 7. The third-order valence-corrected chi connectivity index (χ3v) is 19.9. The van der Waals surface area contributed by atoms with Gasteiger partial charge >= 0.3 is 5.97 Å². The maximum Gasteiger partial charge on any atom is 0.342 e. The van der Waals surface area contributed by atoms with Gasteiger partial charge in [-0.1, -0.05) is 82.7 Å². The van der Waals surface area contributed by atoms with Gasteiger partial charge in [-0.25, -0.2) is 4.79 Å². The fraction of sp³-hybridized carbons (Fsp3) is 0.583. The minimum absolute atomic E-state index is 0.0688. The molecule has 0 amide bonds. The van der Waals surface area contributed by atoms with Crippen molar-refractivity contribution >= 4 is 31.7 Å². The van der Waals surface area contributed by atoms with Crippen LogP contribution in [0.4, 0.5) is 0 Å². The third kappa shape index (κ3) is 8.19. The van der Waals surface area contributed by atoms with E-state index < -0.39 is 14.3 Å². The molecule has 2 aromatic rings. The molecule has 1 heterocycles. The monoisotopic (exact) mass is 798 g/mol. The van der Waals surface area contributed by atoms with Crippen LogP contribution in [-0.2, 0) is 22.4 Å². The van der Waals surface area contributed by atoms with Gasteiger partial charge in [-0.3, -0.25) is 4.79 Å². The molecule has 7 rings (SSSR count). The van der Waals surface area contributed by atoms with Gasteiger partial charge in [0.1, 0.15) is 29.4 Å². The molecule has 56 heavy (non-hydrogen) atoms. The lowest BCUT2D eigenvalue weighted by Crippen LogP contribution is -2.44. The molecule has 2 aromatic carbocycles. The number of phenols is 1. The minimum Gasteiger partial charge on any atom is -0.543 e. The zero-order chi connectivity index (χ0) is 40.2. The van der Waals surface area contributed by atoms with Crippen molar-refractivity contribution in [3.8, 4) is 17.2 Å². The van der Waals surface area contributed by atoms with E-state index in [0.29, 0.717) is 35.0 Å². The zero-order valence-electron chi connectivity index (χ0n) is 34.8. The molecule has 9 atom stereocenters. The fourth-order valence-electron chi connectivity index (χ4n) is 10.5. The lowest BCUT2D eigenvalue weighted by atomic mass is 9.54. The lowest BCUT2D eigenvalue weighted by Gasteiger charge is -2.50. The molecule has 6 nitrogen and oxygen atoms in total. The van der Waals surface area contributed by atoms with Crippen LogP contribution in [0, 0.1) is 40.9 Å². The average molecular weight is 800 g/mol. The minimum atomic E-state index is -1.89. The van der Waals surface area contributed by atoms with E-state index in [9.17, 15) is 14.7 Å². The number of hydrogen-bond acceptors (Lipinski definition) is 6. The number of cyclic esters (lactones) is 1. The van der Waals surface area contributed by atoms with Crippen molar-refractivity contribution in [3.05, 3.63) is 88.0 Å². The smallest absolute Gasteiger partial charge is 0.342 e. The first kappa shape index (κ1) is 40.9. The lowest BCUT2D eigenvalue weighted by molar-refractivity contribution is -0.114. The Morgan fingerprint density at radius 1 is 1.05 bits per heavy atom. The molecule has 5 aliphatic rings. The maximum atomic E-state index is 13.3. The van der Waals surface area contributed by atoms with Gasteiger partial charge in [0.2, 0.25) is 8.32 Å². The molecule has 3 saturated carbocycles. The van der Waals surface area contributed by atoms with Crippen LogP contribution in [0.15, 0.2) is 60.7 Å². The number of aryl methyl sites for hydroxylation is 1. The van der Waals surface area contributed by atoms with Crippen molar-refractivity contribution in [1.29, 1.82) is 0 Å². The molecule has 0 bridgehead atoms. The van der Waals surface area contributed by atoms with Crippen molar-refractivity contribution in [2.75, 3.05) is 6.61 Å². The summed E-state index contributed by atoms with van der Waals surface area (Å²) in [6, 6.07) is 8.39. The number of rotatable bonds is 7. The maximum absolute atomic E-state index is 13.3. The quantitative estimate of drug-likeness (QED) is 0.171. The Balaban J connectivity index is 0.993. The first-order chi connectivity index (χ1) is 26.5. The van der Waals surface area contributed by atoms with Crippen molar-refractivity contribution in [1.82, 2.24) is 0 Å². The summed E-state index contributed by atoms with van der Waals surface area (Å²) in [5, 5.41) is 11.4. The number of phenolic OH excluding ortho intramolecular Hbond substituents is 1. The summed E-state index contributed by atoms with van der Waals surface area (Å²) in [5.41, 5.74) is 3.58. The predicted octanol–water partition coefficient (Wildman–Crippen LogP) is 12.0. The van der Waals surface area contributed by atoms with E-state index in [1.165, 1.54) is 43.4 Å². The number of carbonyl (C=O) groups is 2. The van der Waals surface area contributed by atoms with E-state index in [-0.39, 0.29) is 57.6 Å². The number of halogens is 1. The summed E-state index contributed by atoms with van der Waals surface area (Å²) in [5.74, 6) is 4.28. The van der Waals surface area contributed by atoms with Crippen LogP contribution in [0.5, 0.6) is 17.2 Å². The second kappa shape index (κ2) is 15.8. The first-order valence-corrected chi connectivity index (χ1v) is 24.5. The summed E-state index contributed by atoms with van der Waals surface area (Å²) < 4.78 is 18.5. The molecule has 3 fully saturated rings. The average Bonchev–Trinajstić information content (AvgIpc) is 3.80. The van der Waals surface area contributed by atoms with Gasteiger partial charge in [0.05, 0.1) is 11.1 Å². The highest BCUT2D eigenvalue weighted by Crippen LogP contribution is 2.65. The Hall–Kier alpha value is -3.29. The van der Waals surface area contributed by atoms with Crippen LogP contribution in [0.2, 0.25) is 23.2 Å². The Morgan fingerprint density at radius 2 is 1.84 bits per heavy atom. The van der Waals surface area contributed by atoms with Crippen LogP contribution in [0.3, 0.4) is 0 Å². The standard InChI is InChI=1S/C48H63ClO6Si/c1-29-23-34-24-32(34)14-9-10-15-35(50)27-40-44(46(52)54-29)42(51)28-43(45(40)49)53-22-12-11-13-31-26-41-39-18-16-33-25-36(55-56(7,8)47(3,4)5)17-19-37(33)38(39)20-21-48(41,6)30(31)2/h9-12,14-15,17,19,25,28-32,34,38-39,41,51H,13,16,18,20-24,26-27H2,1-8H3/b12-11+,14-9-,15-10+/t29-,30+,31-,32+,34+,38?,39?,41?,48-/m1/s1. The highest BCUT2D eigenvalue weighted by molar-refractivity contribution is 6.74. The molecule has 0 aromatic heterocycles.